The highest BCUT2D eigenvalue weighted by atomic mass is 35.5. The Morgan fingerprint density at radius 2 is 2.04 bits per heavy atom. The minimum absolute atomic E-state index is 0.104. The van der Waals surface area contributed by atoms with Gasteiger partial charge in [-0.15, -0.1) is 0 Å². The molecular weight excluding hydrogens is 404 g/mol. The first kappa shape index (κ1) is 20.6. The Labute approximate surface area is 169 Å². The van der Waals surface area contributed by atoms with E-state index in [0.29, 0.717) is 23.4 Å². The zero-order valence-electron chi connectivity index (χ0n) is 15.9. The highest BCUT2D eigenvalue weighted by Crippen LogP contribution is 2.38. The Kier molecular flexibility index (Phi) is 5.97. The van der Waals surface area contributed by atoms with E-state index in [2.05, 4.69) is 10.2 Å². The molecule has 8 nitrogen and oxygen atoms in total. The van der Waals surface area contributed by atoms with Crippen molar-refractivity contribution in [3.05, 3.63) is 46.7 Å². The largest absolute Gasteiger partial charge is 0.447 e. The fourth-order valence-electron chi connectivity index (χ4n) is 3.35. The molecule has 0 aliphatic carbocycles. The van der Waals surface area contributed by atoms with Gasteiger partial charge in [-0.25, -0.2) is 13.2 Å². The average Bonchev–Trinajstić information content (AvgIpc) is 3.13. The molecule has 10 heteroatoms. The standard InChI is InChI=1S/C18H23ClN4O4S/c1-4-13-9-16-15(10-20-21-16)17(11-27-18(24)22(2)3)23(13)28(25,26)14-7-5-12(19)6-8-14/h5-8,10,13,17H,4,9,11H2,1-3H3,(H,20,21). The zero-order valence-corrected chi connectivity index (χ0v) is 17.5. The number of H-pyrrole nitrogens is 1. The van der Waals surface area contributed by atoms with Crippen molar-refractivity contribution in [2.45, 2.75) is 36.7 Å². The number of carbonyl (C=O) groups excluding carboxylic acids is 1. The maximum atomic E-state index is 13.5. The van der Waals surface area contributed by atoms with Crippen LogP contribution in [-0.4, -0.2) is 60.7 Å². The van der Waals surface area contributed by atoms with Crippen molar-refractivity contribution in [2.24, 2.45) is 0 Å². The topological polar surface area (TPSA) is 95.6 Å². The van der Waals surface area contributed by atoms with Gasteiger partial charge >= 0.3 is 6.09 Å². The smallest absolute Gasteiger partial charge is 0.409 e. The van der Waals surface area contributed by atoms with Crippen LogP contribution in [0.5, 0.6) is 0 Å². The van der Waals surface area contributed by atoms with Crippen LogP contribution in [0.3, 0.4) is 0 Å². The first-order valence-electron chi connectivity index (χ1n) is 8.91. The van der Waals surface area contributed by atoms with Crippen LogP contribution in [0.1, 0.15) is 30.6 Å². The summed E-state index contributed by atoms with van der Waals surface area (Å²) in [4.78, 5) is 13.4. The molecule has 0 radical (unpaired) electrons. The SMILES string of the molecule is CCC1Cc2[nH]ncc2C(COC(=O)N(C)C)N1S(=O)(=O)c1ccc(Cl)cc1. The monoisotopic (exact) mass is 426 g/mol. The van der Waals surface area contributed by atoms with Gasteiger partial charge in [0.25, 0.3) is 0 Å². The summed E-state index contributed by atoms with van der Waals surface area (Å²) < 4.78 is 33.8. The van der Waals surface area contributed by atoms with Crippen LogP contribution in [0, 0.1) is 0 Å². The van der Waals surface area contributed by atoms with Gasteiger partial charge in [0.1, 0.15) is 6.61 Å². The second-order valence-corrected chi connectivity index (χ2v) is 9.13. The molecule has 0 saturated carbocycles. The van der Waals surface area contributed by atoms with E-state index >= 15 is 0 Å². The highest BCUT2D eigenvalue weighted by molar-refractivity contribution is 7.89. The van der Waals surface area contributed by atoms with Gasteiger partial charge in [-0.1, -0.05) is 18.5 Å². The maximum absolute atomic E-state index is 13.5. The summed E-state index contributed by atoms with van der Waals surface area (Å²) in [6, 6.07) is 5.10. The number of hydrogen-bond donors (Lipinski definition) is 1. The number of carbonyl (C=O) groups is 1. The number of fused-ring (bicyclic) bond motifs is 1. The first-order valence-corrected chi connectivity index (χ1v) is 10.7. The van der Waals surface area contributed by atoms with E-state index in [1.165, 1.54) is 21.3 Å². The lowest BCUT2D eigenvalue weighted by molar-refractivity contribution is 0.0817. The number of hydrogen-bond acceptors (Lipinski definition) is 5. The number of ether oxygens (including phenoxy) is 1. The molecule has 0 spiro atoms. The molecule has 0 fully saturated rings. The third kappa shape index (κ3) is 3.87. The van der Waals surface area contributed by atoms with Crippen LogP contribution < -0.4 is 0 Å². The number of nitrogens with one attached hydrogen (secondary N) is 1. The van der Waals surface area contributed by atoms with E-state index in [1.807, 2.05) is 6.92 Å². The fraction of sp³-hybridized carbons (Fsp3) is 0.444. The van der Waals surface area contributed by atoms with Crippen molar-refractivity contribution in [3.63, 3.8) is 0 Å². The van der Waals surface area contributed by atoms with Gasteiger partial charge in [0.05, 0.1) is 17.1 Å². The fourth-order valence-corrected chi connectivity index (χ4v) is 5.32. The molecule has 1 amide bonds. The minimum atomic E-state index is -3.85. The summed E-state index contributed by atoms with van der Waals surface area (Å²) in [6.07, 6.45) is 2.17. The van der Waals surface area contributed by atoms with Crippen LogP contribution in [0.2, 0.25) is 5.02 Å². The Balaban J connectivity index is 2.03. The maximum Gasteiger partial charge on any atom is 0.409 e. The molecule has 0 bridgehead atoms. The lowest BCUT2D eigenvalue weighted by Crippen LogP contribution is -2.48. The quantitative estimate of drug-likeness (QED) is 0.793. The van der Waals surface area contributed by atoms with Gasteiger partial charge in [-0.3, -0.25) is 5.10 Å². The van der Waals surface area contributed by atoms with E-state index in [-0.39, 0.29) is 17.5 Å². The predicted octanol–water partition coefficient (Wildman–Crippen LogP) is 2.83. The molecule has 2 aromatic rings. The number of aromatic nitrogens is 2. The molecular formula is C18H23ClN4O4S. The van der Waals surface area contributed by atoms with Gasteiger partial charge in [0.2, 0.25) is 10.0 Å². The van der Waals surface area contributed by atoms with E-state index in [4.69, 9.17) is 16.3 Å². The number of halogens is 1. The van der Waals surface area contributed by atoms with Gasteiger partial charge in [-0.05, 0) is 30.7 Å². The summed E-state index contributed by atoms with van der Waals surface area (Å²) in [7, 11) is -0.704. The third-order valence-corrected chi connectivity index (χ3v) is 7.04. The summed E-state index contributed by atoms with van der Waals surface area (Å²) in [5.74, 6) is 0. The summed E-state index contributed by atoms with van der Waals surface area (Å²) >= 11 is 5.92. The molecule has 2 atom stereocenters. The molecule has 28 heavy (non-hydrogen) atoms. The molecule has 1 aromatic heterocycles. The second kappa shape index (κ2) is 8.10. The summed E-state index contributed by atoms with van der Waals surface area (Å²) in [6.45, 7) is 1.83. The van der Waals surface area contributed by atoms with Gasteiger partial charge in [-0.2, -0.15) is 9.40 Å². The molecule has 2 unspecified atom stereocenters. The number of sulfonamides is 1. The lowest BCUT2D eigenvalue weighted by atomic mass is 9.95. The first-order chi connectivity index (χ1) is 13.3. The molecule has 1 aliphatic rings. The molecule has 3 rings (SSSR count). The number of amides is 1. The lowest BCUT2D eigenvalue weighted by Gasteiger charge is -2.40. The normalized spacial score (nSPS) is 19.9. The predicted molar refractivity (Wildman–Crippen MR) is 105 cm³/mol. The Morgan fingerprint density at radius 3 is 2.64 bits per heavy atom. The number of nitrogens with zero attached hydrogens (tertiary/aromatic N) is 3. The number of aromatic amines is 1. The zero-order chi connectivity index (χ0) is 20.5. The van der Waals surface area contributed by atoms with Gasteiger partial charge in [0.15, 0.2) is 0 Å². The van der Waals surface area contributed by atoms with E-state index < -0.39 is 22.2 Å². The Hall–Kier alpha value is -2.10. The molecule has 1 aromatic carbocycles. The van der Waals surface area contributed by atoms with E-state index in [0.717, 1.165) is 5.69 Å². The van der Waals surface area contributed by atoms with Crippen LogP contribution in [0.4, 0.5) is 4.79 Å². The van der Waals surface area contributed by atoms with E-state index in [1.54, 1.807) is 32.4 Å². The van der Waals surface area contributed by atoms with Crippen LogP contribution in [0.15, 0.2) is 35.4 Å². The van der Waals surface area contributed by atoms with Crippen molar-refractivity contribution in [1.29, 1.82) is 0 Å². The minimum Gasteiger partial charge on any atom is -0.447 e. The van der Waals surface area contributed by atoms with Crippen molar-refractivity contribution >= 4 is 27.7 Å². The summed E-state index contributed by atoms with van der Waals surface area (Å²) in [5.41, 5.74) is 1.58. The highest BCUT2D eigenvalue weighted by Gasteiger charge is 2.43. The van der Waals surface area contributed by atoms with Gasteiger partial charge in [0, 0.05) is 42.8 Å². The van der Waals surface area contributed by atoms with Crippen LogP contribution in [0.25, 0.3) is 0 Å². The molecule has 1 aliphatic heterocycles. The average molecular weight is 427 g/mol. The van der Waals surface area contributed by atoms with E-state index in [9.17, 15) is 13.2 Å². The van der Waals surface area contributed by atoms with Crippen molar-refractivity contribution in [2.75, 3.05) is 20.7 Å². The van der Waals surface area contributed by atoms with Crippen molar-refractivity contribution in [3.8, 4) is 0 Å². The number of benzene rings is 1. The Morgan fingerprint density at radius 1 is 1.36 bits per heavy atom. The van der Waals surface area contributed by atoms with Crippen molar-refractivity contribution < 1.29 is 17.9 Å². The third-order valence-electron chi connectivity index (χ3n) is 4.81. The second-order valence-electron chi connectivity index (χ2n) is 6.85. The molecule has 1 N–H and O–H groups in total. The van der Waals surface area contributed by atoms with Crippen LogP contribution in [-0.2, 0) is 21.2 Å². The van der Waals surface area contributed by atoms with Crippen molar-refractivity contribution in [1.82, 2.24) is 19.4 Å². The summed E-state index contributed by atoms with van der Waals surface area (Å²) in [5, 5.41) is 7.47. The number of rotatable bonds is 5. The molecule has 2 heterocycles. The van der Waals surface area contributed by atoms with Gasteiger partial charge < -0.3 is 9.64 Å². The Bertz CT molecular complexity index is 943. The molecule has 152 valence electrons. The molecule has 0 saturated heterocycles. The van der Waals surface area contributed by atoms with Crippen LogP contribution >= 0.6 is 11.6 Å².